The first kappa shape index (κ1) is 18.2. The van der Waals surface area contributed by atoms with E-state index in [1.54, 1.807) is 36.7 Å². The van der Waals surface area contributed by atoms with Gasteiger partial charge in [-0.25, -0.2) is 8.57 Å². The Kier molecular flexibility index (Phi) is 5.43. The Hall–Kier alpha value is -2.15. The van der Waals surface area contributed by atoms with Crippen LogP contribution in [0.1, 0.15) is 29.9 Å². The normalized spacial score (nSPS) is 13.6. The fourth-order valence-electron chi connectivity index (χ4n) is 2.31. The van der Waals surface area contributed by atoms with E-state index in [0.717, 1.165) is 12.2 Å². The van der Waals surface area contributed by atoms with Crippen molar-refractivity contribution in [1.29, 1.82) is 0 Å². The lowest BCUT2D eigenvalue weighted by Crippen LogP contribution is -2.14. The van der Waals surface area contributed by atoms with E-state index in [9.17, 15) is 9.00 Å². The van der Waals surface area contributed by atoms with Gasteiger partial charge in [0.1, 0.15) is 0 Å². The molecule has 130 valence electrons. The van der Waals surface area contributed by atoms with E-state index >= 15 is 0 Å². The molecule has 0 unspecified atom stereocenters. The predicted molar refractivity (Wildman–Crippen MR) is 96.9 cm³/mol. The molecule has 0 aliphatic carbocycles. The number of amides is 1. The van der Waals surface area contributed by atoms with Gasteiger partial charge in [0.15, 0.2) is 0 Å². The van der Waals surface area contributed by atoms with Crippen LogP contribution in [0.2, 0.25) is 0 Å². The first-order chi connectivity index (χ1) is 11.2. The third-order valence-electron chi connectivity index (χ3n) is 3.76. The van der Waals surface area contributed by atoms with Crippen molar-refractivity contribution in [3.63, 3.8) is 0 Å². The van der Waals surface area contributed by atoms with Crippen molar-refractivity contribution in [2.45, 2.75) is 32.2 Å². The second kappa shape index (κ2) is 7.17. The van der Waals surface area contributed by atoms with Gasteiger partial charge in [0.2, 0.25) is 0 Å². The molecule has 2 aromatic rings. The number of benzene rings is 1. The molecule has 1 heterocycles. The summed E-state index contributed by atoms with van der Waals surface area (Å²) in [4.78, 5) is 13.1. The molecule has 2 rings (SSSR count). The zero-order chi connectivity index (χ0) is 17.9. The number of hydrogen-bond donors (Lipinski definition) is 1. The largest absolute Gasteiger partial charge is 0.322 e. The van der Waals surface area contributed by atoms with Crippen molar-refractivity contribution in [2.75, 3.05) is 18.6 Å². The second-order valence-corrected chi connectivity index (χ2v) is 8.63. The SMILES string of the molecule is CN=[S@](C)(=O)c1cccc(NC(=O)c2cnn(CC(C)C)c2C)c1. The number of carbonyl (C=O) groups excluding carboxylic acids is 1. The summed E-state index contributed by atoms with van der Waals surface area (Å²) in [5, 5.41) is 7.13. The summed E-state index contributed by atoms with van der Waals surface area (Å²) in [7, 11) is -0.904. The van der Waals surface area contributed by atoms with Gasteiger partial charge in [-0.15, -0.1) is 0 Å². The molecule has 24 heavy (non-hydrogen) atoms. The fraction of sp³-hybridized carbons (Fsp3) is 0.412. The highest BCUT2D eigenvalue weighted by Crippen LogP contribution is 2.18. The van der Waals surface area contributed by atoms with E-state index in [2.05, 4.69) is 28.6 Å². The highest BCUT2D eigenvalue weighted by atomic mass is 32.2. The number of rotatable bonds is 5. The summed E-state index contributed by atoms with van der Waals surface area (Å²) in [6.07, 6.45) is 3.16. The van der Waals surface area contributed by atoms with E-state index in [1.807, 2.05) is 11.6 Å². The molecule has 1 atom stereocenters. The van der Waals surface area contributed by atoms with Crippen LogP contribution in [0.5, 0.6) is 0 Å². The lowest BCUT2D eigenvalue weighted by atomic mass is 10.2. The lowest BCUT2D eigenvalue weighted by molar-refractivity contribution is 0.102. The zero-order valence-corrected chi connectivity index (χ0v) is 15.6. The molecule has 6 nitrogen and oxygen atoms in total. The molecule has 0 saturated heterocycles. The second-order valence-electron chi connectivity index (χ2n) is 6.19. The summed E-state index contributed by atoms with van der Waals surface area (Å²) >= 11 is 0. The molecular formula is C17H24N4O2S. The van der Waals surface area contributed by atoms with E-state index in [4.69, 9.17) is 0 Å². The Balaban J connectivity index is 2.24. The smallest absolute Gasteiger partial charge is 0.259 e. The Morgan fingerprint density at radius 3 is 2.75 bits per heavy atom. The van der Waals surface area contributed by atoms with Gasteiger partial charge in [0.05, 0.1) is 21.5 Å². The Labute approximate surface area is 143 Å². The maximum atomic E-state index is 12.5. The molecule has 1 N–H and O–H groups in total. The number of carbonyl (C=O) groups is 1. The van der Waals surface area contributed by atoms with Gasteiger partial charge in [-0.2, -0.15) is 5.10 Å². The van der Waals surface area contributed by atoms with Gasteiger partial charge >= 0.3 is 0 Å². The molecule has 0 saturated carbocycles. The van der Waals surface area contributed by atoms with Crippen molar-refractivity contribution in [1.82, 2.24) is 9.78 Å². The molecular weight excluding hydrogens is 324 g/mol. The monoisotopic (exact) mass is 348 g/mol. The van der Waals surface area contributed by atoms with E-state index in [-0.39, 0.29) is 5.91 Å². The summed E-state index contributed by atoms with van der Waals surface area (Å²) in [5.41, 5.74) is 1.96. The highest BCUT2D eigenvalue weighted by molar-refractivity contribution is 7.93. The summed E-state index contributed by atoms with van der Waals surface area (Å²) in [6.45, 7) is 6.86. The minimum atomic E-state index is -2.43. The number of nitrogens with zero attached hydrogens (tertiary/aromatic N) is 3. The first-order valence-electron chi connectivity index (χ1n) is 7.78. The van der Waals surface area contributed by atoms with Gasteiger partial charge in [-0.05, 0) is 31.0 Å². The van der Waals surface area contributed by atoms with E-state index in [0.29, 0.717) is 22.1 Å². The molecule has 0 spiro atoms. The Morgan fingerprint density at radius 2 is 2.12 bits per heavy atom. The fourth-order valence-corrected chi connectivity index (χ4v) is 3.20. The van der Waals surface area contributed by atoms with Crippen LogP contribution in [0.25, 0.3) is 0 Å². The minimum absolute atomic E-state index is 0.226. The van der Waals surface area contributed by atoms with Crippen LogP contribution < -0.4 is 5.32 Å². The van der Waals surface area contributed by atoms with Crippen LogP contribution in [0.4, 0.5) is 5.69 Å². The average Bonchev–Trinajstić information content (AvgIpc) is 2.88. The predicted octanol–water partition coefficient (Wildman–Crippen LogP) is 3.19. The third-order valence-corrected chi connectivity index (χ3v) is 5.59. The minimum Gasteiger partial charge on any atom is -0.322 e. The third kappa shape index (κ3) is 4.03. The number of aromatic nitrogens is 2. The van der Waals surface area contributed by atoms with E-state index < -0.39 is 9.73 Å². The maximum absolute atomic E-state index is 12.5. The molecule has 7 heteroatoms. The quantitative estimate of drug-likeness (QED) is 0.901. The Morgan fingerprint density at radius 1 is 1.42 bits per heavy atom. The van der Waals surface area contributed by atoms with Gasteiger partial charge in [-0.1, -0.05) is 19.9 Å². The molecule has 0 bridgehead atoms. The van der Waals surface area contributed by atoms with Gasteiger partial charge in [-0.3, -0.25) is 9.48 Å². The van der Waals surface area contributed by atoms with Gasteiger partial charge in [0, 0.05) is 36.1 Å². The molecule has 1 amide bonds. The van der Waals surface area contributed by atoms with Crippen molar-refractivity contribution in [3.8, 4) is 0 Å². The molecule has 1 aromatic carbocycles. The van der Waals surface area contributed by atoms with Crippen molar-refractivity contribution >= 4 is 21.3 Å². The molecule has 0 radical (unpaired) electrons. The van der Waals surface area contributed by atoms with Crippen molar-refractivity contribution in [3.05, 3.63) is 41.7 Å². The van der Waals surface area contributed by atoms with Crippen LogP contribution in [0, 0.1) is 12.8 Å². The van der Waals surface area contributed by atoms with Crippen LogP contribution in [0.15, 0.2) is 39.7 Å². The topological polar surface area (TPSA) is 76.3 Å². The molecule has 0 aliphatic heterocycles. The Bertz CT molecular complexity index is 861. The van der Waals surface area contributed by atoms with Gasteiger partial charge < -0.3 is 5.32 Å². The number of hydrogen-bond acceptors (Lipinski definition) is 4. The highest BCUT2D eigenvalue weighted by Gasteiger charge is 2.15. The first-order valence-corrected chi connectivity index (χ1v) is 9.71. The van der Waals surface area contributed by atoms with Crippen LogP contribution >= 0.6 is 0 Å². The molecule has 0 fully saturated rings. The summed E-state index contributed by atoms with van der Waals surface area (Å²) < 4.78 is 18.1. The van der Waals surface area contributed by atoms with Gasteiger partial charge in [0.25, 0.3) is 5.91 Å². The van der Waals surface area contributed by atoms with Crippen LogP contribution in [-0.4, -0.2) is 33.2 Å². The van der Waals surface area contributed by atoms with Crippen LogP contribution in [-0.2, 0) is 16.3 Å². The molecule has 0 aliphatic rings. The number of anilines is 1. The summed E-state index contributed by atoms with van der Waals surface area (Å²) in [5.74, 6) is 0.224. The standard InChI is InChI=1S/C17H24N4O2S/c1-12(2)11-21-13(3)16(10-19-21)17(22)20-14-7-6-8-15(9-14)24(5,23)18-4/h6-10,12H,11H2,1-5H3,(H,20,22)/t24-/m1/s1. The van der Waals surface area contributed by atoms with E-state index in [1.165, 1.54) is 7.05 Å². The lowest BCUT2D eigenvalue weighted by Gasteiger charge is -2.09. The van der Waals surface area contributed by atoms with Crippen molar-refractivity contribution in [2.24, 2.45) is 10.3 Å². The van der Waals surface area contributed by atoms with Crippen LogP contribution in [0.3, 0.4) is 0 Å². The maximum Gasteiger partial charge on any atom is 0.259 e. The molecule has 1 aromatic heterocycles. The van der Waals surface area contributed by atoms with Crippen molar-refractivity contribution < 1.29 is 9.00 Å². The zero-order valence-electron chi connectivity index (χ0n) is 14.7. The summed E-state index contributed by atoms with van der Waals surface area (Å²) in [6, 6.07) is 6.97. The average molecular weight is 348 g/mol. The number of nitrogens with one attached hydrogen (secondary N) is 1.